The van der Waals surface area contributed by atoms with Crippen molar-refractivity contribution >= 4 is 17.3 Å². The number of aryl methyl sites for hydroxylation is 1. The molecule has 0 atom stereocenters. The van der Waals surface area contributed by atoms with Crippen molar-refractivity contribution < 1.29 is 13.2 Å². The van der Waals surface area contributed by atoms with Crippen LogP contribution >= 0.6 is 11.6 Å². The minimum absolute atomic E-state index is 0.117. The number of anilines is 1. The molecule has 41 heavy (non-hydrogen) atoms. The highest BCUT2D eigenvalue weighted by Gasteiger charge is 2.48. The molecular formula is C36H47ClF3N. The van der Waals surface area contributed by atoms with Gasteiger partial charge in [0.15, 0.2) is 0 Å². The summed E-state index contributed by atoms with van der Waals surface area (Å²) in [6, 6.07) is 14.7. The van der Waals surface area contributed by atoms with E-state index in [0.29, 0.717) is 22.9 Å². The van der Waals surface area contributed by atoms with Crippen LogP contribution < -0.4 is 5.32 Å². The molecule has 2 saturated carbocycles. The Bertz CT molecular complexity index is 1210. The smallest absolute Gasteiger partial charge is 0.375 e. The second kappa shape index (κ2) is 13.9. The van der Waals surface area contributed by atoms with Crippen molar-refractivity contribution in [1.29, 1.82) is 0 Å². The topological polar surface area (TPSA) is 12.0 Å². The Morgan fingerprint density at radius 2 is 1.66 bits per heavy atom. The summed E-state index contributed by atoms with van der Waals surface area (Å²) in [5.74, 6) is 0.672. The second-order valence-corrected chi connectivity index (χ2v) is 12.8. The predicted molar refractivity (Wildman–Crippen MR) is 167 cm³/mol. The molecule has 5 heteroatoms. The summed E-state index contributed by atoms with van der Waals surface area (Å²) >= 11 is 6.26. The number of rotatable bonds is 6. The number of fused-ring (bicyclic) bond motifs is 2. The van der Waals surface area contributed by atoms with Gasteiger partial charge in [-0.25, -0.2) is 0 Å². The van der Waals surface area contributed by atoms with Crippen LogP contribution in [-0.2, 0) is 11.8 Å². The summed E-state index contributed by atoms with van der Waals surface area (Å²) in [6.45, 7) is 6.29. The lowest BCUT2D eigenvalue weighted by molar-refractivity contribution is -0.0797. The fraction of sp³-hybridized carbons (Fsp3) is 0.583. The number of hydrogen-bond acceptors (Lipinski definition) is 1. The van der Waals surface area contributed by atoms with Crippen molar-refractivity contribution in [2.24, 2.45) is 0 Å². The summed E-state index contributed by atoms with van der Waals surface area (Å²) in [5, 5.41) is 4.26. The van der Waals surface area contributed by atoms with Crippen molar-refractivity contribution in [2.45, 2.75) is 134 Å². The van der Waals surface area contributed by atoms with E-state index in [1.807, 2.05) is 31.2 Å². The Labute approximate surface area is 250 Å². The van der Waals surface area contributed by atoms with Gasteiger partial charge in [0.05, 0.1) is 11.6 Å². The van der Waals surface area contributed by atoms with Crippen LogP contribution in [-0.4, -0.2) is 11.7 Å². The van der Waals surface area contributed by atoms with Gasteiger partial charge in [-0.2, -0.15) is 13.2 Å². The van der Waals surface area contributed by atoms with E-state index in [0.717, 1.165) is 44.2 Å². The quantitative estimate of drug-likeness (QED) is 0.332. The van der Waals surface area contributed by atoms with Gasteiger partial charge >= 0.3 is 6.18 Å². The maximum Gasteiger partial charge on any atom is 0.416 e. The van der Waals surface area contributed by atoms with Gasteiger partial charge in [-0.05, 0) is 110 Å². The van der Waals surface area contributed by atoms with E-state index in [1.54, 1.807) is 0 Å². The molecule has 0 heterocycles. The highest BCUT2D eigenvalue weighted by molar-refractivity contribution is 6.30. The van der Waals surface area contributed by atoms with Crippen molar-refractivity contribution in [1.82, 2.24) is 0 Å². The van der Waals surface area contributed by atoms with E-state index >= 15 is 0 Å². The summed E-state index contributed by atoms with van der Waals surface area (Å²) < 4.78 is 39.5. The van der Waals surface area contributed by atoms with E-state index in [1.165, 1.54) is 61.6 Å². The normalized spacial score (nSPS) is 24.2. The molecule has 1 nitrogen and oxygen atoms in total. The van der Waals surface area contributed by atoms with Crippen LogP contribution in [0.1, 0.15) is 127 Å². The van der Waals surface area contributed by atoms with Crippen molar-refractivity contribution in [3.63, 3.8) is 0 Å². The number of unbranched alkanes of at least 4 members (excludes halogenated alkanes) is 1. The second-order valence-electron chi connectivity index (χ2n) is 12.4. The summed E-state index contributed by atoms with van der Waals surface area (Å²) in [7, 11) is 0. The van der Waals surface area contributed by atoms with Crippen LogP contribution in [0, 0.1) is 0 Å². The van der Waals surface area contributed by atoms with Gasteiger partial charge < -0.3 is 5.32 Å². The van der Waals surface area contributed by atoms with E-state index in [-0.39, 0.29) is 11.5 Å². The molecule has 0 radical (unpaired) electrons. The molecule has 3 aliphatic carbocycles. The van der Waals surface area contributed by atoms with E-state index < -0.39 is 11.7 Å². The molecule has 0 saturated heterocycles. The Kier molecular flexibility index (Phi) is 10.8. The third-order valence-electron chi connectivity index (χ3n) is 9.76. The first kappa shape index (κ1) is 31.8. The van der Waals surface area contributed by atoms with Crippen LogP contribution in [0.25, 0.3) is 0 Å². The third kappa shape index (κ3) is 7.82. The number of nitrogens with one attached hydrogen (secondary N) is 1. The van der Waals surface area contributed by atoms with E-state index in [4.69, 9.17) is 11.6 Å². The Balaban J connectivity index is 0.000000909. The lowest BCUT2D eigenvalue weighted by Gasteiger charge is -2.47. The van der Waals surface area contributed by atoms with E-state index in [2.05, 4.69) is 43.1 Å². The van der Waals surface area contributed by atoms with Gasteiger partial charge in [0.2, 0.25) is 0 Å². The van der Waals surface area contributed by atoms with Crippen molar-refractivity contribution in [2.75, 3.05) is 5.32 Å². The van der Waals surface area contributed by atoms with Gasteiger partial charge in [0.1, 0.15) is 0 Å². The monoisotopic (exact) mass is 585 g/mol. The van der Waals surface area contributed by atoms with Gasteiger partial charge in [0, 0.05) is 10.7 Å². The summed E-state index contributed by atoms with van der Waals surface area (Å²) in [5.41, 5.74) is 8.23. The number of alkyl halides is 3. The molecule has 1 N–H and O–H groups in total. The molecule has 0 bridgehead atoms. The van der Waals surface area contributed by atoms with Crippen LogP contribution in [0.4, 0.5) is 18.9 Å². The fourth-order valence-corrected chi connectivity index (χ4v) is 7.46. The number of halogens is 4. The average Bonchev–Trinajstić information content (AvgIpc) is 3.32. The predicted octanol–water partition coefficient (Wildman–Crippen LogP) is 11.9. The SMILES string of the molecule is CCC(=C=CC(F)(F)F)C1(Nc2cccc(Cl)c2)CCC2(CCc3ccc(C4CCCCC4)cc32)CC1.CCCC. The molecular weight excluding hydrogens is 539 g/mol. The molecule has 5 rings (SSSR count). The lowest BCUT2D eigenvalue weighted by Crippen LogP contribution is -2.47. The maximum atomic E-state index is 13.2. The summed E-state index contributed by atoms with van der Waals surface area (Å²) in [6.07, 6.45) is 11.3. The first-order valence-corrected chi connectivity index (χ1v) is 16.2. The number of benzene rings is 2. The Morgan fingerprint density at radius 1 is 0.951 bits per heavy atom. The Hall–Kier alpha value is -2.16. The molecule has 224 valence electrons. The van der Waals surface area contributed by atoms with E-state index in [9.17, 15) is 13.2 Å². The standard InChI is InChI=1S/C32H37ClF3N.C4H10/c1-2-26(14-16-32(34,35)36)31(37-28-10-6-9-27(33)22-28)19-17-30(18-20-31)15-13-24-11-12-25(21-29(24)30)23-7-4-3-5-8-23;1-3-4-2/h6,9-12,16,21-23,37H,2-5,7-8,13,15,17-20H2,1H3;3-4H2,1-2H3. The van der Waals surface area contributed by atoms with Gasteiger partial charge in [-0.1, -0.05) is 88.7 Å². The van der Waals surface area contributed by atoms with Crippen LogP contribution in [0.5, 0.6) is 0 Å². The molecule has 3 aliphatic rings. The van der Waals surface area contributed by atoms with Crippen LogP contribution in [0.3, 0.4) is 0 Å². The molecule has 0 aromatic heterocycles. The Morgan fingerprint density at radius 3 is 2.27 bits per heavy atom. The minimum atomic E-state index is -4.38. The van der Waals surface area contributed by atoms with Crippen molar-refractivity contribution in [3.05, 3.63) is 81.6 Å². The zero-order valence-corrected chi connectivity index (χ0v) is 25.9. The lowest BCUT2D eigenvalue weighted by atomic mass is 9.62. The first-order valence-electron chi connectivity index (χ1n) is 15.8. The van der Waals surface area contributed by atoms with Gasteiger partial charge in [-0.3, -0.25) is 0 Å². The maximum absolute atomic E-state index is 13.2. The third-order valence-corrected chi connectivity index (χ3v) is 10.0. The molecule has 0 amide bonds. The largest absolute Gasteiger partial charge is 0.416 e. The highest BCUT2D eigenvalue weighted by Crippen LogP contribution is 2.54. The summed E-state index contributed by atoms with van der Waals surface area (Å²) in [4.78, 5) is 0. The highest BCUT2D eigenvalue weighted by atomic mass is 35.5. The molecule has 2 aromatic rings. The molecule has 2 fully saturated rings. The number of hydrogen-bond donors (Lipinski definition) is 1. The van der Waals surface area contributed by atoms with Crippen LogP contribution in [0.15, 0.2) is 59.8 Å². The minimum Gasteiger partial charge on any atom is -0.375 e. The molecule has 0 aliphatic heterocycles. The van der Waals surface area contributed by atoms with Gasteiger partial charge in [0.25, 0.3) is 0 Å². The molecule has 2 aromatic carbocycles. The first-order chi connectivity index (χ1) is 19.6. The zero-order valence-electron chi connectivity index (χ0n) is 25.1. The zero-order chi connectivity index (χ0) is 29.5. The average molecular weight is 586 g/mol. The van der Waals surface area contributed by atoms with Crippen LogP contribution in [0.2, 0.25) is 5.02 Å². The fourth-order valence-electron chi connectivity index (χ4n) is 7.27. The molecule has 1 spiro atoms. The molecule has 0 unspecified atom stereocenters. The van der Waals surface area contributed by atoms with Crippen molar-refractivity contribution in [3.8, 4) is 0 Å². The van der Waals surface area contributed by atoms with Gasteiger partial charge in [-0.15, -0.1) is 5.73 Å².